The second-order valence-electron chi connectivity index (χ2n) is 20.9. The minimum Gasteiger partial charge on any atom is -0.462 e. The van der Waals surface area contributed by atoms with Gasteiger partial charge in [-0.3, -0.25) is 14.4 Å². The number of hydrogen-bond donors (Lipinski definition) is 0. The third kappa shape index (κ3) is 59.6. The van der Waals surface area contributed by atoms with Gasteiger partial charge in [0.25, 0.3) is 0 Å². The number of carbonyl (C=O) groups is 3. The molecule has 0 aliphatic heterocycles. The summed E-state index contributed by atoms with van der Waals surface area (Å²) in [6.07, 6.45) is 79.3. The van der Waals surface area contributed by atoms with Crippen molar-refractivity contribution in [1.82, 2.24) is 0 Å². The van der Waals surface area contributed by atoms with Gasteiger partial charge in [-0.05, 0) is 89.9 Å². The molecule has 6 heteroatoms. The molecular weight excluding hydrogens is 901 g/mol. The van der Waals surface area contributed by atoms with Gasteiger partial charge in [-0.1, -0.05) is 280 Å². The van der Waals surface area contributed by atoms with Gasteiger partial charge in [0.2, 0.25) is 0 Å². The van der Waals surface area contributed by atoms with E-state index in [0.717, 1.165) is 109 Å². The van der Waals surface area contributed by atoms with E-state index in [1.54, 1.807) is 0 Å². The fraction of sp³-hybridized carbons (Fsp3) is 0.776. The molecule has 6 nitrogen and oxygen atoms in total. The zero-order valence-electron chi connectivity index (χ0n) is 48.4. The molecule has 0 saturated heterocycles. The van der Waals surface area contributed by atoms with Gasteiger partial charge in [-0.15, -0.1) is 0 Å². The van der Waals surface area contributed by atoms with Crippen molar-refractivity contribution in [3.8, 4) is 0 Å². The highest BCUT2D eigenvalue weighted by Crippen LogP contribution is 2.17. The van der Waals surface area contributed by atoms with Crippen molar-refractivity contribution in [2.45, 2.75) is 322 Å². The van der Waals surface area contributed by atoms with Crippen LogP contribution in [-0.4, -0.2) is 37.2 Å². The molecule has 0 amide bonds. The number of rotatable bonds is 57. The topological polar surface area (TPSA) is 78.9 Å². The SMILES string of the molecule is CC/C=C\C/C=C\C/C=C\C/C=C\CCCCCCCCCCCCCCCCCCCCC(=O)OCC(COC(=O)CCCCCCCCCCC)OC(=O)CCCCCCC/C=C\C/C=C\CCCCC. The number of carbonyl (C=O) groups excluding carboxylic acids is 3. The summed E-state index contributed by atoms with van der Waals surface area (Å²) in [5.41, 5.74) is 0. The minimum atomic E-state index is -0.778. The lowest BCUT2D eigenvalue weighted by molar-refractivity contribution is -0.167. The van der Waals surface area contributed by atoms with E-state index in [-0.39, 0.29) is 31.1 Å². The first-order valence-corrected chi connectivity index (χ1v) is 31.4. The van der Waals surface area contributed by atoms with Gasteiger partial charge >= 0.3 is 17.9 Å². The highest BCUT2D eigenvalue weighted by atomic mass is 16.6. The first-order chi connectivity index (χ1) is 36.0. The lowest BCUT2D eigenvalue weighted by Crippen LogP contribution is -2.30. The normalized spacial score (nSPS) is 12.5. The van der Waals surface area contributed by atoms with Crippen molar-refractivity contribution in [3.05, 3.63) is 72.9 Å². The predicted octanol–water partition coefficient (Wildman–Crippen LogP) is 21.3. The summed E-state index contributed by atoms with van der Waals surface area (Å²) in [5, 5.41) is 0. The van der Waals surface area contributed by atoms with Crippen LogP contribution >= 0.6 is 0 Å². The van der Waals surface area contributed by atoms with E-state index in [0.29, 0.717) is 19.3 Å². The Hall–Kier alpha value is -3.15. The average molecular weight is 1020 g/mol. The van der Waals surface area contributed by atoms with Crippen molar-refractivity contribution in [3.63, 3.8) is 0 Å². The van der Waals surface area contributed by atoms with Gasteiger partial charge in [0, 0.05) is 19.3 Å². The minimum absolute atomic E-state index is 0.0766. The quantitative estimate of drug-likeness (QED) is 0.0261. The molecule has 1 unspecified atom stereocenters. The fourth-order valence-corrected chi connectivity index (χ4v) is 9.00. The Morgan fingerprint density at radius 1 is 0.288 bits per heavy atom. The molecule has 1 atom stereocenters. The van der Waals surface area contributed by atoms with Crippen LogP contribution in [0.15, 0.2) is 72.9 Å². The van der Waals surface area contributed by atoms with Crippen molar-refractivity contribution in [2.75, 3.05) is 13.2 Å². The third-order valence-corrected chi connectivity index (χ3v) is 13.7. The number of unbranched alkanes of at least 4 members (excludes halogenated alkanes) is 34. The number of hydrogen-bond acceptors (Lipinski definition) is 6. The lowest BCUT2D eigenvalue weighted by Gasteiger charge is -2.18. The van der Waals surface area contributed by atoms with Gasteiger partial charge < -0.3 is 14.2 Å². The first kappa shape index (κ1) is 69.8. The number of esters is 3. The van der Waals surface area contributed by atoms with Gasteiger partial charge in [0.15, 0.2) is 6.10 Å². The van der Waals surface area contributed by atoms with Crippen molar-refractivity contribution >= 4 is 17.9 Å². The Morgan fingerprint density at radius 2 is 0.534 bits per heavy atom. The van der Waals surface area contributed by atoms with Crippen LogP contribution in [0.25, 0.3) is 0 Å². The van der Waals surface area contributed by atoms with E-state index in [2.05, 4.69) is 93.7 Å². The Bertz CT molecular complexity index is 1360. The Balaban J connectivity index is 4.08. The summed E-state index contributed by atoms with van der Waals surface area (Å²) in [6, 6.07) is 0. The van der Waals surface area contributed by atoms with E-state index >= 15 is 0 Å². The van der Waals surface area contributed by atoms with E-state index < -0.39 is 6.10 Å². The van der Waals surface area contributed by atoms with Gasteiger partial charge in [-0.25, -0.2) is 0 Å². The van der Waals surface area contributed by atoms with E-state index in [1.165, 1.54) is 167 Å². The predicted molar refractivity (Wildman–Crippen MR) is 316 cm³/mol. The smallest absolute Gasteiger partial charge is 0.306 e. The second kappa shape index (κ2) is 61.4. The molecule has 73 heavy (non-hydrogen) atoms. The summed E-state index contributed by atoms with van der Waals surface area (Å²) in [7, 11) is 0. The molecule has 422 valence electrons. The van der Waals surface area contributed by atoms with Crippen LogP contribution in [0.3, 0.4) is 0 Å². The molecule has 0 N–H and O–H groups in total. The van der Waals surface area contributed by atoms with Crippen LogP contribution in [0.1, 0.15) is 316 Å². The Morgan fingerprint density at radius 3 is 0.863 bits per heavy atom. The highest BCUT2D eigenvalue weighted by molar-refractivity contribution is 5.71. The lowest BCUT2D eigenvalue weighted by atomic mass is 10.0. The van der Waals surface area contributed by atoms with E-state index in [1.807, 2.05) is 0 Å². The molecule has 0 saturated carbocycles. The molecule has 0 bridgehead atoms. The third-order valence-electron chi connectivity index (χ3n) is 13.7. The molecule has 0 aromatic heterocycles. The largest absolute Gasteiger partial charge is 0.462 e. The highest BCUT2D eigenvalue weighted by Gasteiger charge is 2.19. The maximum atomic E-state index is 12.8. The monoisotopic (exact) mass is 1020 g/mol. The number of ether oxygens (including phenoxy) is 3. The standard InChI is InChI=1S/C67H118O6/c1-4-7-10-13-16-19-21-23-25-26-27-28-29-30-31-32-33-34-35-36-37-38-39-40-42-43-45-48-51-54-57-60-66(69)72-63-64(62-71-65(68)59-56-53-50-47-18-15-12-9-6-3)73-67(70)61-58-55-52-49-46-44-41-24-22-20-17-14-11-8-5-2/h7,10,16-17,19-20,23-25,27-28,41,64H,4-6,8-9,11-15,18,21-22,26,29-40,42-63H2,1-3H3/b10-7-,19-16-,20-17-,25-23-,28-27-,41-24-. The van der Waals surface area contributed by atoms with Crippen LogP contribution in [-0.2, 0) is 28.6 Å². The molecule has 0 aromatic rings. The summed E-state index contributed by atoms with van der Waals surface area (Å²) >= 11 is 0. The summed E-state index contributed by atoms with van der Waals surface area (Å²) in [4.78, 5) is 38.1. The molecule has 0 spiro atoms. The molecule has 0 heterocycles. The van der Waals surface area contributed by atoms with Crippen LogP contribution < -0.4 is 0 Å². The van der Waals surface area contributed by atoms with Crippen LogP contribution in [0.5, 0.6) is 0 Å². The molecule has 0 rings (SSSR count). The van der Waals surface area contributed by atoms with Crippen molar-refractivity contribution < 1.29 is 28.6 Å². The Labute approximate surface area is 453 Å². The molecule has 0 aliphatic rings. The molecule has 0 radical (unpaired) electrons. The summed E-state index contributed by atoms with van der Waals surface area (Å²) < 4.78 is 16.8. The molecule has 0 fully saturated rings. The van der Waals surface area contributed by atoms with Crippen molar-refractivity contribution in [2.24, 2.45) is 0 Å². The number of allylic oxidation sites excluding steroid dienone is 12. The fourth-order valence-electron chi connectivity index (χ4n) is 9.00. The molecule has 0 aromatic carbocycles. The van der Waals surface area contributed by atoms with Crippen LogP contribution in [0.4, 0.5) is 0 Å². The van der Waals surface area contributed by atoms with E-state index in [4.69, 9.17) is 14.2 Å². The maximum Gasteiger partial charge on any atom is 0.306 e. The van der Waals surface area contributed by atoms with Gasteiger partial charge in [-0.2, -0.15) is 0 Å². The van der Waals surface area contributed by atoms with Gasteiger partial charge in [0.1, 0.15) is 13.2 Å². The molecular formula is C67H118O6. The van der Waals surface area contributed by atoms with Crippen LogP contribution in [0, 0.1) is 0 Å². The zero-order chi connectivity index (χ0) is 52.9. The van der Waals surface area contributed by atoms with Crippen LogP contribution in [0.2, 0.25) is 0 Å². The van der Waals surface area contributed by atoms with Gasteiger partial charge in [0.05, 0.1) is 0 Å². The molecule has 0 aliphatic carbocycles. The second-order valence-corrected chi connectivity index (χ2v) is 20.9. The Kier molecular flexibility index (Phi) is 58.7. The first-order valence-electron chi connectivity index (χ1n) is 31.4. The summed E-state index contributed by atoms with van der Waals surface area (Å²) in [5.74, 6) is -0.880. The summed E-state index contributed by atoms with van der Waals surface area (Å²) in [6.45, 7) is 6.50. The van der Waals surface area contributed by atoms with Crippen molar-refractivity contribution in [1.29, 1.82) is 0 Å². The average Bonchev–Trinajstić information content (AvgIpc) is 3.39. The zero-order valence-corrected chi connectivity index (χ0v) is 48.4. The maximum absolute atomic E-state index is 12.8. The van der Waals surface area contributed by atoms with E-state index in [9.17, 15) is 14.4 Å².